The van der Waals surface area contributed by atoms with E-state index in [0.717, 1.165) is 11.1 Å². The van der Waals surface area contributed by atoms with Crippen LogP contribution in [0.15, 0.2) is 12.1 Å². The molecule has 0 radical (unpaired) electrons. The third-order valence-electron chi connectivity index (χ3n) is 1.98. The first-order valence-corrected chi connectivity index (χ1v) is 7.18. The van der Waals surface area contributed by atoms with Gasteiger partial charge in [0.2, 0.25) is 5.75 Å². The molecular weight excluding hydrogens is 272 g/mol. The van der Waals surface area contributed by atoms with Crippen LogP contribution in [0.2, 0.25) is 0 Å². The molecular formula is C12H18O4S2. The maximum absolute atomic E-state index is 11.3. The molecule has 0 fully saturated rings. The Morgan fingerprint density at radius 3 is 2.11 bits per heavy atom. The molecule has 102 valence electrons. The SMILES string of the molecule is CC.COc1cc(C(C)=O)cc(OSS)c1OC. The molecule has 0 saturated heterocycles. The molecule has 0 saturated carbocycles. The van der Waals surface area contributed by atoms with Crippen molar-refractivity contribution in [3.05, 3.63) is 17.7 Å². The van der Waals surface area contributed by atoms with E-state index < -0.39 is 0 Å². The summed E-state index contributed by atoms with van der Waals surface area (Å²) in [7, 11) is 3.00. The first-order valence-electron chi connectivity index (χ1n) is 5.39. The van der Waals surface area contributed by atoms with Gasteiger partial charge in [0.05, 0.1) is 14.2 Å². The monoisotopic (exact) mass is 290 g/mol. The molecule has 0 spiro atoms. The van der Waals surface area contributed by atoms with Gasteiger partial charge in [0.1, 0.15) is 11.1 Å². The van der Waals surface area contributed by atoms with Crippen molar-refractivity contribution in [2.45, 2.75) is 20.8 Å². The Balaban J connectivity index is 0.00000137. The van der Waals surface area contributed by atoms with Crippen molar-refractivity contribution in [2.24, 2.45) is 0 Å². The highest BCUT2D eigenvalue weighted by atomic mass is 33.1. The van der Waals surface area contributed by atoms with E-state index in [1.807, 2.05) is 13.8 Å². The predicted molar refractivity (Wildman–Crippen MR) is 78.1 cm³/mol. The fourth-order valence-electron chi connectivity index (χ4n) is 1.23. The van der Waals surface area contributed by atoms with Gasteiger partial charge in [0.25, 0.3) is 0 Å². The van der Waals surface area contributed by atoms with Gasteiger partial charge in [-0.15, -0.1) is 0 Å². The summed E-state index contributed by atoms with van der Waals surface area (Å²) in [6.45, 7) is 5.47. The fourth-order valence-corrected chi connectivity index (χ4v) is 1.68. The third kappa shape index (κ3) is 4.34. The number of rotatable bonds is 5. The van der Waals surface area contributed by atoms with Gasteiger partial charge in [-0.3, -0.25) is 4.79 Å². The lowest BCUT2D eigenvalue weighted by molar-refractivity contribution is 0.101. The lowest BCUT2D eigenvalue weighted by atomic mass is 10.1. The fraction of sp³-hybridized carbons (Fsp3) is 0.417. The Morgan fingerprint density at radius 1 is 1.17 bits per heavy atom. The topological polar surface area (TPSA) is 44.8 Å². The number of hydrogen-bond donors (Lipinski definition) is 1. The number of carbonyl (C=O) groups is 1. The summed E-state index contributed by atoms with van der Waals surface area (Å²) in [5, 5.41) is 0. The second-order valence-corrected chi connectivity index (χ2v) is 3.69. The number of benzene rings is 1. The Hall–Kier alpha value is -1.01. The van der Waals surface area contributed by atoms with Crippen molar-refractivity contribution in [2.75, 3.05) is 14.2 Å². The minimum atomic E-state index is -0.0741. The summed E-state index contributed by atoms with van der Waals surface area (Å²) in [6.07, 6.45) is 0. The first-order chi connectivity index (χ1) is 8.63. The summed E-state index contributed by atoms with van der Waals surface area (Å²) in [6, 6.07) is 3.20. The molecule has 0 aromatic heterocycles. The van der Waals surface area contributed by atoms with Crippen molar-refractivity contribution in [1.82, 2.24) is 0 Å². The maximum Gasteiger partial charge on any atom is 0.204 e. The van der Waals surface area contributed by atoms with Crippen LogP contribution >= 0.6 is 22.7 Å². The van der Waals surface area contributed by atoms with Gasteiger partial charge < -0.3 is 13.7 Å². The number of methoxy groups -OCH3 is 2. The summed E-state index contributed by atoms with van der Waals surface area (Å²) >= 11 is 4.75. The molecule has 0 N–H and O–H groups in total. The van der Waals surface area contributed by atoms with Gasteiger partial charge in [-0.05, 0) is 19.1 Å². The van der Waals surface area contributed by atoms with E-state index in [1.54, 1.807) is 12.1 Å². The summed E-state index contributed by atoms with van der Waals surface area (Å²) < 4.78 is 15.5. The van der Waals surface area contributed by atoms with Crippen LogP contribution in [0.4, 0.5) is 0 Å². The van der Waals surface area contributed by atoms with Crippen molar-refractivity contribution < 1.29 is 18.5 Å². The van der Waals surface area contributed by atoms with E-state index in [9.17, 15) is 4.79 Å². The number of Topliss-reactive ketones (excluding diaryl/α,β-unsaturated/α-hetero) is 1. The zero-order valence-electron chi connectivity index (χ0n) is 11.1. The van der Waals surface area contributed by atoms with E-state index in [1.165, 1.54) is 21.1 Å². The molecule has 0 atom stereocenters. The van der Waals surface area contributed by atoms with E-state index in [0.29, 0.717) is 22.8 Å². The summed E-state index contributed by atoms with van der Waals surface area (Å²) in [5.41, 5.74) is 0.495. The lowest BCUT2D eigenvalue weighted by Gasteiger charge is -2.12. The van der Waals surface area contributed by atoms with E-state index >= 15 is 0 Å². The molecule has 0 amide bonds. The standard InChI is InChI=1S/C10H12O4S2.C2H6/c1-6(11)7-4-8(12-2)10(13-3)9(5-7)14-16-15;1-2/h4-5,15H,1-3H3;1-2H3. The largest absolute Gasteiger partial charge is 0.493 e. The van der Waals surface area contributed by atoms with E-state index in [-0.39, 0.29) is 5.78 Å². The van der Waals surface area contributed by atoms with Gasteiger partial charge in [0.15, 0.2) is 17.3 Å². The molecule has 1 rings (SSSR count). The van der Waals surface area contributed by atoms with E-state index in [4.69, 9.17) is 13.7 Å². The van der Waals surface area contributed by atoms with Crippen molar-refractivity contribution in [1.29, 1.82) is 0 Å². The zero-order chi connectivity index (χ0) is 14.1. The normalized spacial score (nSPS) is 9.00. The van der Waals surface area contributed by atoms with Gasteiger partial charge in [-0.25, -0.2) is 0 Å². The highest BCUT2D eigenvalue weighted by Crippen LogP contribution is 2.40. The van der Waals surface area contributed by atoms with Gasteiger partial charge in [-0.1, -0.05) is 25.5 Å². The van der Waals surface area contributed by atoms with Crippen LogP contribution in [0.25, 0.3) is 0 Å². The number of carbonyl (C=O) groups excluding carboxylic acids is 1. The molecule has 0 heterocycles. The highest BCUT2D eigenvalue weighted by Gasteiger charge is 2.15. The minimum Gasteiger partial charge on any atom is -0.493 e. The smallest absolute Gasteiger partial charge is 0.204 e. The number of ether oxygens (including phenoxy) is 2. The second-order valence-electron chi connectivity index (χ2n) is 2.92. The minimum absolute atomic E-state index is 0.0741. The third-order valence-corrected chi connectivity index (χ3v) is 2.46. The van der Waals surface area contributed by atoms with Crippen LogP contribution in [-0.4, -0.2) is 20.0 Å². The van der Waals surface area contributed by atoms with E-state index in [2.05, 4.69) is 11.7 Å². The summed E-state index contributed by atoms with van der Waals surface area (Å²) in [4.78, 5) is 11.3. The number of thiol groups is 1. The zero-order valence-corrected chi connectivity index (χ0v) is 12.9. The molecule has 4 nitrogen and oxygen atoms in total. The van der Waals surface area contributed by atoms with Crippen LogP contribution in [0.1, 0.15) is 31.1 Å². The molecule has 0 bridgehead atoms. The Morgan fingerprint density at radius 2 is 1.72 bits per heavy atom. The molecule has 6 heteroatoms. The Bertz CT molecular complexity index is 394. The van der Waals surface area contributed by atoms with Crippen molar-refractivity contribution >= 4 is 28.5 Å². The number of hydrogen-bond acceptors (Lipinski definition) is 6. The van der Waals surface area contributed by atoms with Crippen LogP contribution in [0, 0.1) is 0 Å². The maximum atomic E-state index is 11.3. The molecule has 1 aromatic carbocycles. The van der Waals surface area contributed by atoms with Crippen LogP contribution in [0.5, 0.6) is 17.2 Å². The molecule has 18 heavy (non-hydrogen) atoms. The Labute approximate surface area is 117 Å². The van der Waals surface area contributed by atoms with Gasteiger partial charge >= 0.3 is 0 Å². The quantitative estimate of drug-likeness (QED) is 0.387. The Kier molecular flexibility index (Phi) is 8.49. The van der Waals surface area contributed by atoms with Crippen molar-refractivity contribution in [3.63, 3.8) is 0 Å². The number of ketones is 1. The summed E-state index contributed by atoms with van der Waals surface area (Å²) in [5.74, 6) is 1.23. The van der Waals surface area contributed by atoms with Crippen LogP contribution in [-0.2, 0) is 0 Å². The van der Waals surface area contributed by atoms with Gasteiger partial charge in [0, 0.05) is 5.56 Å². The molecule has 0 unspecified atom stereocenters. The average molecular weight is 290 g/mol. The first kappa shape index (κ1) is 17.0. The lowest BCUT2D eigenvalue weighted by Crippen LogP contribution is -1.98. The molecule has 0 aliphatic rings. The molecule has 0 aliphatic carbocycles. The second kappa shape index (κ2) is 8.99. The molecule has 0 aliphatic heterocycles. The van der Waals surface area contributed by atoms with Crippen molar-refractivity contribution in [3.8, 4) is 17.2 Å². The van der Waals surface area contributed by atoms with Crippen LogP contribution in [0.3, 0.4) is 0 Å². The van der Waals surface area contributed by atoms with Crippen LogP contribution < -0.4 is 13.7 Å². The van der Waals surface area contributed by atoms with Gasteiger partial charge in [-0.2, -0.15) is 0 Å². The highest BCUT2D eigenvalue weighted by molar-refractivity contribution is 8.66. The predicted octanol–water partition coefficient (Wildman–Crippen LogP) is 3.80. The average Bonchev–Trinajstić information content (AvgIpc) is 2.40. The molecule has 1 aromatic rings.